The van der Waals surface area contributed by atoms with Crippen LogP contribution in [0.25, 0.3) is 0 Å². The van der Waals surface area contributed by atoms with Crippen LogP contribution in [-0.2, 0) is 9.59 Å². The number of rotatable bonds is 3. The Morgan fingerprint density at radius 3 is 2.53 bits per heavy atom. The average Bonchev–Trinajstić information content (AvgIpc) is 2.59. The van der Waals surface area contributed by atoms with Crippen molar-refractivity contribution in [1.82, 2.24) is 0 Å². The van der Waals surface area contributed by atoms with Crippen molar-refractivity contribution >= 4 is 23.3 Å². The first kappa shape index (κ1) is 13.0. The van der Waals surface area contributed by atoms with E-state index in [9.17, 15) is 14.4 Å². The van der Waals surface area contributed by atoms with E-state index in [1.165, 1.54) is 11.0 Å². The summed E-state index contributed by atoms with van der Waals surface area (Å²) in [6.07, 6.45) is 2.31. The third-order valence-electron chi connectivity index (χ3n) is 3.07. The molecule has 1 aromatic rings. The molecule has 5 nitrogen and oxygen atoms in total. The number of amides is 1. The van der Waals surface area contributed by atoms with Crippen LogP contribution in [0.1, 0.15) is 21.5 Å². The van der Waals surface area contributed by atoms with Gasteiger partial charge in [-0.25, -0.2) is 4.79 Å². The van der Waals surface area contributed by atoms with Gasteiger partial charge >= 0.3 is 5.97 Å². The summed E-state index contributed by atoms with van der Waals surface area (Å²) in [5, 5.41) is 8.54. The maximum absolute atomic E-state index is 11.9. The maximum atomic E-state index is 11.9. The molecule has 0 saturated heterocycles. The van der Waals surface area contributed by atoms with Gasteiger partial charge in [-0.3, -0.25) is 9.59 Å². The summed E-state index contributed by atoms with van der Waals surface area (Å²) in [6.45, 7) is 3.67. The lowest BCUT2D eigenvalue weighted by Gasteiger charge is -2.16. The molecule has 1 heterocycles. The van der Waals surface area contributed by atoms with Gasteiger partial charge in [0.1, 0.15) is 0 Å². The number of fused-ring (bicyclic) bond motifs is 1. The molecule has 1 aliphatic heterocycles. The van der Waals surface area contributed by atoms with Gasteiger partial charge < -0.3 is 10.0 Å². The molecule has 0 atom stereocenters. The monoisotopic (exact) mass is 259 g/mol. The lowest BCUT2D eigenvalue weighted by molar-refractivity contribution is -0.131. The largest absolute Gasteiger partial charge is 0.478 e. The Labute approximate surface area is 110 Å². The molecule has 1 aromatic carbocycles. The number of carbonyl (C=O) groups excluding carboxylic acids is 2. The Balaban J connectivity index is 2.44. The van der Waals surface area contributed by atoms with Gasteiger partial charge in [0.15, 0.2) is 0 Å². The molecule has 0 unspecified atom stereocenters. The summed E-state index contributed by atoms with van der Waals surface area (Å²) < 4.78 is 0. The predicted octanol–water partition coefficient (Wildman–Crippen LogP) is 1.47. The number of aryl methyl sites for hydroxylation is 2. The zero-order valence-electron chi connectivity index (χ0n) is 10.6. The lowest BCUT2D eigenvalue weighted by atomic mass is 10.0. The van der Waals surface area contributed by atoms with E-state index in [1.807, 2.05) is 13.0 Å². The van der Waals surface area contributed by atoms with Gasteiger partial charge in [-0.15, -0.1) is 0 Å². The number of Topliss-reactive ketones (excluding diaryl/α,β-unsaturated/α-hetero) is 1. The fraction of sp³-hybridized carbons (Fsp3) is 0.214. The molecule has 1 aliphatic rings. The number of carboxylic acid groups (broad SMARTS) is 1. The molecule has 19 heavy (non-hydrogen) atoms. The fourth-order valence-electron chi connectivity index (χ4n) is 2.19. The zero-order valence-corrected chi connectivity index (χ0v) is 10.6. The molecule has 0 aromatic heterocycles. The molecular weight excluding hydrogens is 246 g/mol. The Kier molecular flexibility index (Phi) is 3.21. The summed E-state index contributed by atoms with van der Waals surface area (Å²) in [7, 11) is 0. The minimum absolute atomic E-state index is 0.0775. The van der Waals surface area contributed by atoms with Crippen LogP contribution in [0.4, 0.5) is 5.69 Å². The van der Waals surface area contributed by atoms with E-state index < -0.39 is 17.7 Å². The van der Waals surface area contributed by atoms with Crippen LogP contribution in [0.3, 0.4) is 0 Å². The van der Waals surface area contributed by atoms with E-state index in [4.69, 9.17) is 5.11 Å². The molecule has 2 rings (SSSR count). The van der Waals surface area contributed by atoms with Crippen molar-refractivity contribution in [3.63, 3.8) is 0 Å². The van der Waals surface area contributed by atoms with Crippen LogP contribution in [0.15, 0.2) is 24.3 Å². The Hall–Kier alpha value is -2.43. The Morgan fingerprint density at radius 1 is 1.26 bits per heavy atom. The number of carbonyl (C=O) groups is 3. The van der Waals surface area contributed by atoms with E-state index in [2.05, 4.69) is 0 Å². The third-order valence-corrected chi connectivity index (χ3v) is 3.07. The molecule has 0 saturated carbocycles. The first-order valence-corrected chi connectivity index (χ1v) is 5.79. The molecule has 0 aliphatic carbocycles. The van der Waals surface area contributed by atoms with Crippen LogP contribution in [-0.4, -0.2) is 29.3 Å². The number of aliphatic carboxylic acids is 1. The molecule has 5 heteroatoms. The second-order valence-electron chi connectivity index (χ2n) is 4.41. The molecule has 0 radical (unpaired) electrons. The van der Waals surface area contributed by atoms with Crippen LogP contribution >= 0.6 is 0 Å². The van der Waals surface area contributed by atoms with E-state index in [0.29, 0.717) is 11.3 Å². The van der Waals surface area contributed by atoms with Gasteiger partial charge in [-0.2, -0.15) is 0 Å². The fourth-order valence-corrected chi connectivity index (χ4v) is 2.19. The van der Waals surface area contributed by atoms with E-state index >= 15 is 0 Å². The molecule has 0 bridgehead atoms. The molecule has 1 N–H and O–H groups in total. The minimum atomic E-state index is -1.08. The normalized spacial score (nSPS) is 14.3. The number of ketones is 1. The number of hydrogen-bond acceptors (Lipinski definition) is 3. The van der Waals surface area contributed by atoms with Crippen LogP contribution < -0.4 is 4.90 Å². The van der Waals surface area contributed by atoms with E-state index in [0.717, 1.165) is 17.2 Å². The standard InChI is InChI=1S/C14H13NO4/c1-8-5-6-9(2)12-11(8)13(18)14(19)15(12)7-3-4-10(16)17/h3-6H,7H2,1-2H3,(H,16,17)/b4-3+. The number of benzene rings is 1. The van der Waals surface area contributed by atoms with Gasteiger partial charge in [0.2, 0.25) is 0 Å². The van der Waals surface area contributed by atoms with E-state index in [1.54, 1.807) is 13.0 Å². The molecule has 1 amide bonds. The van der Waals surface area contributed by atoms with Crippen molar-refractivity contribution in [3.8, 4) is 0 Å². The lowest BCUT2D eigenvalue weighted by Crippen LogP contribution is -2.30. The topological polar surface area (TPSA) is 74.7 Å². The first-order chi connectivity index (χ1) is 8.93. The first-order valence-electron chi connectivity index (χ1n) is 5.79. The summed E-state index contributed by atoms with van der Waals surface area (Å²) in [5.41, 5.74) is 2.59. The van der Waals surface area contributed by atoms with Crippen molar-refractivity contribution in [1.29, 1.82) is 0 Å². The Morgan fingerprint density at radius 2 is 1.89 bits per heavy atom. The SMILES string of the molecule is Cc1ccc(C)c2c1C(=O)C(=O)N2C/C=C/C(=O)O. The van der Waals surface area contributed by atoms with Gasteiger partial charge in [0, 0.05) is 12.6 Å². The van der Waals surface area contributed by atoms with Gasteiger partial charge in [0.25, 0.3) is 11.7 Å². The second-order valence-corrected chi connectivity index (χ2v) is 4.41. The van der Waals surface area contributed by atoms with Gasteiger partial charge in [0.05, 0.1) is 11.3 Å². The summed E-state index contributed by atoms with van der Waals surface area (Å²) in [5.74, 6) is -2.22. The number of anilines is 1. The van der Waals surface area contributed by atoms with Crippen LogP contribution in [0.2, 0.25) is 0 Å². The predicted molar refractivity (Wildman–Crippen MR) is 69.4 cm³/mol. The quantitative estimate of drug-likeness (QED) is 0.659. The average molecular weight is 259 g/mol. The van der Waals surface area contributed by atoms with Crippen LogP contribution in [0.5, 0.6) is 0 Å². The van der Waals surface area contributed by atoms with Gasteiger partial charge in [-0.1, -0.05) is 18.2 Å². The minimum Gasteiger partial charge on any atom is -0.478 e. The number of hydrogen-bond donors (Lipinski definition) is 1. The number of nitrogens with zero attached hydrogens (tertiary/aromatic N) is 1. The molecular formula is C14H13NO4. The highest BCUT2D eigenvalue weighted by atomic mass is 16.4. The highest BCUT2D eigenvalue weighted by molar-refractivity contribution is 6.52. The Bertz CT molecular complexity index is 616. The van der Waals surface area contributed by atoms with Gasteiger partial charge in [-0.05, 0) is 25.0 Å². The van der Waals surface area contributed by atoms with Crippen molar-refractivity contribution in [2.75, 3.05) is 11.4 Å². The third kappa shape index (κ3) is 2.14. The summed E-state index contributed by atoms with van der Waals surface area (Å²) >= 11 is 0. The zero-order chi connectivity index (χ0) is 14.2. The molecule has 0 fully saturated rings. The highest BCUT2D eigenvalue weighted by Crippen LogP contribution is 2.34. The highest BCUT2D eigenvalue weighted by Gasteiger charge is 2.37. The van der Waals surface area contributed by atoms with Crippen molar-refractivity contribution in [2.45, 2.75) is 13.8 Å². The summed E-state index contributed by atoms with van der Waals surface area (Å²) in [4.78, 5) is 35.6. The smallest absolute Gasteiger partial charge is 0.328 e. The van der Waals surface area contributed by atoms with Crippen molar-refractivity contribution in [2.24, 2.45) is 0 Å². The maximum Gasteiger partial charge on any atom is 0.328 e. The molecule has 98 valence electrons. The molecule has 0 spiro atoms. The van der Waals surface area contributed by atoms with Crippen LogP contribution in [0, 0.1) is 13.8 Å². The summed E-state index contributed by atoms with van der Waals surface area (Å²) in [6, 6.07) is 3.64. The van der Waals surface area contributed by atoms with Crippen molar-refractivity contribution in [3.05, 3.63) is 41.0 Å². The van der Waals surface area contributed by atoms with E-state index in [-0.39, 0.29) is 6.54 Å². The second kappa shape index (κ2) is 4.68. The van der Waals surface area contributed by atoms with Crippen molar-refractivity contribution < 1.29 is 19.5 Å². The number of carboxylic acids is 1.